The highest BCUT2D eigenvalue weighted by Gasteiger charge is 2.38. The molecular weight excluding hydrogens is 446 g/mol. The summed E-state index contributed by atoms with van der Waals surface area (Å²) < 4.78 is 0. The second kappa shape index (κ2) is 13.4. The predicted molar refractivity (Wildman–Crippen MR) is 119 cm³/mol. The summed E-state index contributed by atoms with van der Waals surface area (Å²) in [5.41, 5.74) is 10.7. The van der Waals surface area contributed by atoms with Gasteiger partial charge in [0.2, 0.25) is 23.6 Å². The van der Waals surface area contributed by atoms with Crippen LogP contribution in [0, 0.1) is 0 Å². The van der Waals surface area contributed by atoms with Crippen molar-refractivity contribution in [2.45, 2.75) is 56.3 Å². The van der Waals surface area contributed by atoms with Crippen LogP contribution in [0.15, 0.2) is 0 Å². The van der Waals surface area contributed by atoms with Gasteiger partial charge >= 0.3 is 5.97 Å². The zero-order chi connectivity index (χ0) is 23.6. The number of aliphatic carboxylic acids is 1. The predicted octanol–water partition coefficient (Wildman–Crippen LogP) is -1.69. The maximum absolute atomic E-state index is 13.1. The van der Waals surface area contributed by atoms with Crippen LogP contribution >= 0.6 is 24.4 Å². The quantitative estimate of drug-likeness (QED) is 0.170. The molecule has 1 aliphatic heterocycles. The van der Waals surface area contributed by atoms with Crippen LogP contribution in [-0.4, -0.2) is 88.1 Å². The fraction of sp³-hybridized carbons (Fsp3) is 0.722. The number of rotatable bonds is 13. The third-order valence-corrected chi connectivity index (χ3v) is 5.93. The van der Waals surface area contributed by atoms with Crippen molar-refractivity contribution in [2.75, 3.05) is 24.3 Å². The largest absolute Gasteiger partial charge is 0.480 e. The van der Waals surface area contributed by atoms with Crippen LogP contribution in [0.2, 0.25) is 0 Å². The SMILES string of the molecule is CSCCC(NC(=O)C(N)CS)C(=O)N1CCCC1C(=O)NC(CCC(N)=O)C(=O)O. The van der Waals surface area contributed by atoms with Crippen LogP contribution in [0.4, 0.5) is 0 Å². The number of carbonyl (C=O) groups excluding carboxylic acids is 4. The minimum Gasteiger partial charge on any atom is -0.480 e. The minimum absolute atomic E-state index is 0.117. The maximum atomic E-state index is 13.1. The summed E-state index contributed by atoms with van der Waals surface area (Å²) in [7, 11) is 0. The summed E-state index contributed by atoms with van der Waals surface area (Å²) in [6.45, 7) is 0.306. The van der Waals surface area contributed by atoms with Gasteiger partial charge in [0.15, 0.2) is 0 Å². The van der Waals surface area contributed by atoms with Gasteiger partial charge < -0.3 is 32.1 Å². The molecule has 4 unspecified atom stereocenters. The molecule has 31 heavy (non-hydrogen) atoms. The zero-order valence-corrected chi connectivity index (χ0v) is 19.1. The second-order valence-electron chi connectivity index (χ2n) is 7.23. The van der Waals surface area contributed by atoms with Gasteiger partial charge in [-0.2, -0.15) is 24.4 Å². The Balaban J connectivity index is 2.90. The first-order chi connectivity index (χ1) is 14.6. The zero-order valence-electron chi connectivity index (χ0n) is 17.4. The maximum Gasteiger partial charge on any atom is 0.326 e. The molecule has 4 amide bonds. The number of nitrogens with one attached hydrogen (secondary N) is 2. The molecule has 1 heterocycles. The minimum atomic E-state index is -1.30. The van der Waals surface area contributed by atoms with E-state index in [-0.39, 0.29) is 18.6 Å². The smallest absolute Gasteiger partial charge is 0.326 e. The van der Waals surface area contributed by atoms with E-state index in [1.54, 1.807) is 0 Å². The number of hydrogen-bond donors (Lipinski definition) is 6. The Labute approximate surface area is 190 Å². The molecule has 7 N–H and O–H groups in total. The van der Waals surface area contributed by atoms with Gasteiger partial charge in [-0.3, -0.25) is 19.2 Å². The van der Waals surface area contributed by atoms with E-state index in [0.717, 1.165) is 0 Å². The van der Waals surface area contributed by atoms with E-state index < -0.39 is 53.8 Å². The number of primary amides is 1. The number of amides is 4. The molecule has 1 saturated heterocycles. The number of carboxylic acids is 1. The van der Waals surface area contributed by atoms with Gasteiger partial charge in [-0.1, -0.05) is 0 Å². The van der Waals surface area contributed by atoms with Gasteiger partial charge in [0.05, 0.1) is 6.04 Å². The van der Waals surface area contributed by atoms with E-state index in [1.807, 2.05) is 6.26 Å². The topological polar surface area (TPSA) is 185 Å². The van der Waals surface area contributed by atoms with Crippen molar-refractivity contribution in [1.82, 2.24) is 15.5 Å². The van der Waals surface area contributed by atoms with Gasteiger partial charge in [0.25, 0.3) is 0 Å². The van der Waals surface area contributed by atoms with Crippen LogP contribution in [0.25, 0.3) is 0 Å². The summed E-state index contributed by atoms with van der Waals surface area (Å²) in [5, 5.41) is 14.3. The van der Waals surface area contributed by atoms with Crippen LogP contribution < -0.4 is 22.1 Å². The standard InChI is InChI=1S/C18H31N5O6S2/c1-31-8-6-11(21-15(25)10(19)9-30)17(27)23-7-2-3-13(23)16(26)22-12(18(28)29)4-5-14(20)24/h10-13,30H,2-9,19H2,1H3,(H2,20,24)(H,21,25)(H,22,26)(H,28,29). The number of carbonyl (C=O) groups is 5. The molecule has 11 nitrogen and oxygen atoms in total. The number of hydrogen-bond acceptors (Lipinski definition) is 8. The number of thioether (sulfide) groups is 1. The van der Waals surface area contributed by atoms with Crippen LogP contribution in [0.5, 0.6) is 0 Å². The Kier molecular flexibility index (Phi) is 11.7. The molecule has 0 spiro atoms. The molecule has 1 rings (SSSR count). The molecular formula is C18H31N5O6S2. The summed E-state index contributed by atoms with van der Waals surface area (Å²) in [5.74, 6) is -2.80. The molecule has 0 bridgehead atoms. The highest BCUT2D eigenvalue weighted by Crippen LogP contribution is 2.20. The fourth-order valence-corrected chi connectivity index (χ4v) is 3.81. The Hall–Kier alpha value is -1.99. The normalized spacial score (nSPS) is 18.7. The summed E-state index contributed by atoms with van der Waals surface area (Å²) >= 11 is 5.50. The molecule has 0 aromatic rings. The number of carboxylic acid groups (broad SMARTS) is 1. The summed E-state index contributed by atoms with van der Waals surface area (Å²) in [6.07, 6.45) is 2.80. The molecule has 176 valence electrons. The van der Waals surface area contributed by atoms with Crippen LogP contribution in [-0.2, 0) is 24.0 Å². The van der Waals surface area contributed by atoms with E-state index in [4.69, 9.17) is 11.5 Å². The number of nitrogens with two attached hydrogens (primary N) is 2. The van der Waals surface area contributed by atoms with Crippen molar-refractivity contribution in [3.05, 3.63) is 0 Å². The molecule has 4 atom stereocenters. The average molecular weight is 478 g/mol. The van der Waals surface area contributed by atoms with Crippen LogP contribution in [0.3, 0.4) is 0 Å². The summed E-state index contributed by atoms with van der Waals surface area (Å²) in [6, 6.07) is -3.88. The van der Waals surface area contributed by atoms with Crippen molar-refractivity contribution >= 4 is 54.0 Å². The van der Waals surface area contributed by atoms with E-state index in [0.29, 0.717) is 31.6 Å². The van der Waals surface area contributed by atoms with Gasteiger partial charge in [0, 0.05) is 18.7 Å². The summed E-state index contributed by atoms with van der Waals surface area (Å²) in [4.78, 5) is 61.7. The number of thiol groups is 1. The Morgan fingerprint density at radius 2 is 1.87 bits per heavy atom. The first-order valence-corrected chi connectivity index (χ1v) is 11.9. The molecule has 13 heteroatoms. The van der Waals surface area contributed by atoms with E-state index in [1.165, 1.54) is 16.7 Å². The van der Waals surface area contributed by atoms with E-state index >= 15 is 0 Å². The van der Waals surface area contributed by atoms with Crippen LogP contribution in [0.1, 0.15) is 32.1 Å². The molecule has 0 aromatic heterocycles. The van der Waals surface area contributed by atoms with E-state index in [2.05, 4.69) is 23.3 Å². The lowest BCUT2D eigenvalue weighted by atomic mass is 10.1. The molecule has 0 radical (unpaired) electrons. The Bertz CT molecular complexity index is 680. The lowest BCUT2D eigenvalue weighted by molar-refractivity contribution is -0.145. The van der Waals surface area contributed by atoms with Crippen molar-refractivity contribution in [3.8, 4) is 0 Å². The first kappa shape index (κ1) is 27.0. The van der Waals surface area contributed by atoms with Crippen molar-refractivity contribution in [3.63, 3.8) is 0 Å². The lowest BCUT2D eigenvalue weighted by Crippen LogP contribution is -2.57. The van der Waals surface area contributed by atoms with Crippen molar-refractivity contribution in [1.29, 1.82) is 0 Å². The van der Waals surface area contributed by atoms with Gasteiger partial charge in [-0.15, -0.1) is 0 Å². The molecule has 0 aliphatic carbocycles. The highest BCUT2D eigenvalue weighted by atomic mass is 32.2. The molecule has 1 fully saturated rings. The third kappa shape index (κ3) is 8.57. The van der Waals surface area contributed by atoms with Gasteiger partial charge in [-0.05, 0) is 37.7 Å². The van der Waals surface area contributed by atoms with Crippen molar-refractivity contribution in [2.24, 2.45) is 11.5 Å². The third-order valence-electron chi connectivity index (χ3n) is 4.89. The second-order valence-corrected chi connectivity index (χ2v) is 8.58. The van der Waals surface area contributed by atoms with Crippen molar-refractivity contribution < 1.29 is 29.1 Å². The van der Waals surface area contributed by atoms with Gasteiger partial charge in [-0.25, -0.2) is 4.79 Å². The van der Waals surface area contributed by atoms with Gasteiger partial charge in [0.1, 0.15) is 18.1 Å². The first-order valence-electron chi connectivity index (χ1n) is 9.90. The Morgan fingerprint density at radius 1 is 1.19 bits per heavy atom. The number of nitrogens with zero attached hydrogens (tertiary/aromatic N) is 1. The average Bonchev–Trinajstić information content (AvgIpc) is 3.22. The molecule has 1 aliphatic rings. The number of likely N-dealkylation sites (tertiary alicyclic amines) is 1. The monoisotopic (exact) mass is 477 g/mol. The fourth-order valence-electron chi connectivity index (χ4n) is 3.17. The lowest BCUT2D eigenvalue weighted by Gasteiger charge is -2.30. The molecule has 0 saturated carbocycles. The Morgan fingerprint density at radius 3 is 2.42 bits per heavy atom. The molecule has 0 aromatic carbocycles. The highest BCUT2D eigenvalue weighted by molar-refractivity contribution is 7.98. The van der Waals surface area contributed by atoms with E-state index in [9.17, 15) is 29.1 Å².